The average Bonchev–Trinajstić information content (AvgIpc) is 2.58. The Bertz CT molecular complexity index is 843. The second-order valence-electron chi connectivity index (χ2n) is 5.43. The third-order valence-electron chi connectivity index (χ3n) is 3.55. The molecule has 8 heteroatoms. The van der Waals surface area contributed by atoms with Crippen molar-refractivity contribution in [2.75, 3.05) is 12.4 Å². The van der Waals surface area contributed by atoms with Gasteiger partial charge >= 0.3 is 5.97 Å². The van der Waals surface area contributed by atoms with Crippen LogP contribution < -0.4 is 20.5 Å². The third kappa shape index (κ3) is 4.64. The van der Waals surface area contributed by atoms with Crippen LogP contribution in [0.5, 0.6) is 11.5 Å². The Morgan fingerprint density at radius 1 is 1.35 bits per heavy atom. The van der Waals surface area contributed by atoms with E-state index in [9.17, 15) is 9.18 Å². The van der Waals surface area contributed by atoms with E-state index >= 15 is 0 Å². The molecule has 0 radical (unpaired) electrons. The molecule has 0 aliphatic rings. The molecule has 0 aliphatic heterocycles. The number of rotatable bonds is 6. The van der Waals surface area contributed by atoms with Crippen LogP contribution in [0, 0.1) is 5.82 Å². The SMILES string of the molecule is COc1cc(N=CN)c(C(C)Nc2ccc(F)c(Cl)c2)cc1OC(C)=O. The van der Waals surface area contributed by atoms with Gasteiger partial charge in [-0.1, -0.05) is 11.6 Å². The molecule has 0 saturated carbocycles. The first kappa shape index (κ1) is 19.5. The number of halogens is 2. The highest BCUT2D eigenvalue weighted by molar-refractivity contribution is 6.31. The molecule has 2 aromatic carbocycles. The number of benzene rings is 2. The van der Waals surface area contributed by atoms with Gasteiger partial charge in [0.1, 0.15) is 5.82 Å². The number of hydrogen-bond acceptors (Lipinski definition) is 5. The minimum atomic E-state index is -0.500. The molecule has 138 valence electrons. The van der Waals surface area contributed by atoms with E-state index in [-0.39, 0.29) is 16.8 Å². The molecule has 1 unspecified atom stereocenters. The second kappa shape index (κ2) is 8.53. The molecule has 0 spiro atoms. The maximum Gasteiger partial charge on any atom is 0.308 e. The number of methoxy groups -OCH3 is 1. The van der Waals surface area contributed by atoms with Gasteiger partial charge in [-0.2, -0.15) is 0 Å². The van der Waals surface area contributed by atoms with Crippen LogP contribution in [-0.2, 0) is 4.79 Å². The first-order valence-electron chi connectivity index (χ1n) is 7.72. The number of carbonyl (C=O) groups is 1. The van der Waals surface area contributed by atoms with Gasteiger partial charge in [0.15, 0.2) is 11.5 Å². The number of esters is 1. The fraction of sp³-hybridized carbons (Fsp3) is 0.222. The zero-order chi connectivity index (χ0) is 19.3. The van der Waals surface area contributed by atoms with Crippen LogP contribution in [0.2, 0.25) is 5.02 Å². The Hall–Kier alpha value is -2.80. The summed E-state index contributed by atoms with van der Waals surface area (Å²) in [6, 6.07) is 7.30. The molecular formula is C18H19ClFN3O3. The number of hydrogen-bond donors (Lipinski definition) is 2. The van der Waals surface area contributed by atoms with Crippen molar-refractivity contribution in [1.29, 1.82) is 0 Å². The number of aliphatic imine (C=N–C) groups is 1. The molecule has 1 atom stereocenters. The fourth-order valence-electron chi connectivity index (χ4n) is 2.41. The van der Waals surface area contributed by atoms with Crippen LogP contribution in [-0.4, -0.2) is 19.4 Å². The number of nitrogens with two attached hydrogens (primary N) is 1. The lowest BCUT2D eigenvalue weighted by molar-refractivity contribution is -0.132. The summed E-state index contributed by atoms with van der Waals surface area (Å²) in [6.45, 7) is 3.17. The summed E-state index contributed by atoms with van der Waals surface area (Å²) < 4.78 is 23.8. The Morgan fingerprint density at radius 2 is 2.08 bits per heavy atom. The van der Waals surface area contributed by atoms with Crippen molar-refractivity contribution in [2.45, 2.75) is 19.9 Å². The molecule has 0 aromatic heterocycles. The first-order valence-corrected chi connectivity index (χ1v) is 8.09. The normalized spacial score (nSPS) is 12.0. The van der Waals surface area contributed by atoms with Crippen LogP contribution in [0.4, 0.5) is 15.8 Å². The van der Waals surface area contributed by atoms with Crippen LogP contribution in [0.25, 0.3) is 0 Å². The van der Waals surface area contributed by atoms with Gasteiger partial charge in [0.2, 0.25) is 0 Å². The summed E-state index contributed by atoms with van der Waals surface area (Å²) in [5.74, 6) is -0.367. The van der Waals surface area contributed by atoms with E-state index in [0.717, 1.165) is 6.34 Å². The van der Waals surface area contributed by atoms with Gasteiger partial charge in [0.05, 0.1) is 30.2 Å². The van der Waals surface area contributed by atoms with Crippen LogP contribution in [0.15, 0.2) is 35.3 Å². The van der Waals surface area contributed by atoms with Gasteiger partial charge < -0.3 is 20.5 Å². The molecular weight excluding hydrogens is 361 g/mol. The molecule has 0 fully saturated rings. The lowest BCUT2D eigenvalue weighted by Crippen LogP contribution is -2.09. The van der Waals surface area contributed by atoms with Crippen molar-refractivity contribution in [1.82, 2.24) is 0 Å². The fourth-order valence-corrected chi connectivity index (χ4v) is 2.59. The van der Waals surface area contributed by atoms with E-state index in [1.807, 2.05) is 6.92 Å². The van der Waals surface area contributed by atoms with E-state index in [1.165, 1.54) is 26.2 Å². The van der Waals surface area contributed by atoms with Crippen molar-refractivity contribution in [3.05, 3.63) is 46.7 Å². The Kier molecular flexibility index (Phi) is 6.41. The van der Waals surface area contributed by atoms with Crippen LogP contribution >= 0.6 is 11.6 Å². The van der Waals surface area contributed by atoms with Gasteiger partial charge in [-0.25, -0.2) is 9.38 Å². The number of nitrogens with zero attached hydrogens (tertiary/aromatic N) is 1. The first-order chi connectivity index (χ1) is 12.3. The lowest BCUT2D eigenvalue weighted by Gasteiger charge is -2.20. The molecule has 2 rings (SSSR count). The topological polar surface area (TPSA) is 85.9 Å². The average molecular weight is 380 g/mol. The molecule has 6 nitrogen and oxygen atoms in total. The highest BCUT2D eigenvalue weighted by atomic mass is 35.5. The summed E-state index contributed by atoms with van der Waals surface area (Å²) >= 11 is 5.82. The largest absolute Gasteiger partial charge is 0.493 e. The maximum atomic E-state index is 13.3. The van der Waals surface area contributed by atoms with Gasteiger partial charge in [-0.3, -0.25) is 4.79 Å². The smallest absolute Gasteiger partial charge is 0.308 e. The quantitative estimate of drug-likeness (QED) is 0.340. The zero-order valence-electron chi connectivity index (χ0n) is 14.5. The molecule has 0 aliphatic carbocycles. The predicted octanol–water partition coefficient (Wildman–Crippen LogP) is 4.20. The van der Waals surface area contributed by atoms with E-state index in [2.05, 4.69) is 10.3 Å². The number of nitrogens with one attached hydrogen (secondary N) is 1. The molecule has 0 bridgehead atoms. The highest BCUT2D eigenvalue weighted by Gasteiger charge is 2.17. The Morgan fingerprint density at radius 3 is 2.65 bits per heavy atom. The minimum absolute atomic E-state index is 0.0118. The highest BCUT2D eigenvalue weighted by Crippen LogP contribution is 2.39. The van der Waals surface area contributed by atoms with E-state index in [1.54, 1.807) is 18.2 Å². The van der Waals surface area contributed by atoms with Crippen LogP contribution in [0.3, 0.4) is 0 Å². The standard InChI is InChI=1S/C18H19ClFN3O3/c1-10(23-12-4-5-15(20)14(19)6-12)13-7-18(26-11(2)24)17(25-3)8-16(13)22-9-21/h4-10,23H,1-3H3,(H2,21,22). The van der Waals surface area contributed by atoms with Gasteiger partial charge in [0, 0.05) is 24.2 Å². The molecule has 3 N–H and O–H groups in total. The van der Waals surface area contributed by atoms with Crippen molar-refractivity contribution >= 4 is 35.3 Å². The molecule has 2 aromatic rings. The summed E-state index contributed by atoms with van der Waals surface area (Å²) in [5.41, 5.74) is 7.29. The Labute approximate surface area is 155 Å². The summed E-state index contributed by atoms with van der Waals surface area (Å²) in [7, 11) is 1.46. The number of anilines is 1. The van der Waals surface area contributed by atoms with Gasteiger partial charge in [-0.15, -0.1) is 0 Å². The van der Waals surface area contributed by atoms with Crippen molar-refractivity contribution in [3.8, 4) is 11.5 Å². The Balaban J connectivity index is 2.43. The van der Waals surface area contributed by atoms with Gasteiger partial charge in [0.25, 0.3) is 0 Å². The molecule has 0 heterocycles. The minimum Gasteiger partial charge on any atom is -0.493 e. The monoisotopic (exact) mass is 379 g/mol. The van der Waals surface area contributed by atoms with Crippen molar-refractivity contribution in [2.24, 2.45) is 10.7 Å². The summed E-state index contributed by atoms with van der Waals surface area (Å²) in [4.78, 5) is 15.5. The van der Waals surface area contributed by atoms with Crippen molar-refractivity contribution < 1.29 is 18.7 Å². The van der Waals surface area contributed by atoms with E-state index in [4.69, 9.17) is 26.8 Å². The second-order valence-corrected chi connectivity index (χ2v) is 5.84. The number of carbonyl (C=O) groups excluding carboxylic acids is 1. The molecule has 0 saturated heterocycles. The molecule has 26 heavy (non-hydrogen) atoms. The lowest BCUT2D eigenvalue weighted by atomic mass is 10.0. The third-order valence-corrected chi connectivity index (χ3v) is 3.84. The molecule has 0 amide bonds. The van der Waals surface area contributed by atoms with Crippen LogP contribution in [0.1, 0.15) is 25.5 Å². The van der Waals surface area contributed by atoms with E-state index in [0.29, 0.717) is 22.7 Å². The van der Waals surface area contributed by atoms with Crippen molar-refractivity contribution in [3.63, 3.8) is 0 Å². The van der Waals surface area contributed by atoms with Gasteiger partial charge in [-0.05, 0) is 31.2 Å². The van der Waals surface area contributed by atoms with E-state index < -0.39 is 11.8 Å². The number of ether oxygens (including phenoxy) is 2. The maximum absolute atomic E-state index is 13.3. The summed E-state index contributed by atoms with van der Waals surface area (Å²) in [6.07, 6.45) is 1.16. The summed E-state index contributed by atoms with van der Waals surface area (Å²) in [5, 5.41) is 3.21. The zero-order valence-corrected chi connectivity index (χ0v) is 15.3. The predicted molar refractivity (Wildman–Crippen MR) is 100 cm³/mol.